The summed E-state index contributed by atoms with van der Waals surface area (Å²) in [5.74, 6) is 0.449. The molecule has 1 aromatic rings. The van der Waals surface area contributed by atoms with E-state index in [2.05, 4.69) is 14.9 Å². The monoisotopic (exact) mass is 115 g/mol. The second-order valence-electron chi connectivity index (χ2n) is 0.960. The van der Waals surface area contributed by atoms with Gasteiger partial charge in [-0.15, -0.1) is 0 Å². The van der Waals surface area contributed by atoms with Gasteiger partial charge in [-0.05, 0) is 11.5 Å². The van der Waals surface area contributed by atoms with E-state index in [1.165, 1.54) is 0 Å². The molecule has 1 aromatic heterocycles. The molecule has 0 aromatic carbocycles. The van der Waals surface area contributed by atoms with Gasteiger partial charge in [0.15, 0.2) is 11.3 Å². The average molecular weight is 115 g/mol. The highest BCUT2D eigenvalue weighted by Crippen LogP contribution is 1.89. The second-order valence-corrected chi connectivity index (χ2v) is 1.51. The molecule has 0 aliphatic heterocycles. The molecule has 0 saturated heterocycles. The molecule has 7 heavy (non-hydrogen) atoms. The van der Waals surface area contributed by atoms with Crippen molar-refractivity contribution in [3.05, 3.63) is 11.3 Å². The van der Waals surface area contributed by atoms with Gasteiger partial charge < -0.3 is 5.11 Å². The predicted molar refractivity (Wildman–Crippen MR) is 24.7 cm³/mol. The molecular weight excluding hydrogens is 112 g/mol. The Labute approximate surface area is 44.8 Å². The van der Waals surface area contributed by atoms with Gasteiger partial charge in [-0.2, -0.15) is 4.37 Å². The van der Waals surface area contributed by atoms with Crippen molar-refractivity contribution in [2.45, 2.75) is 6.61 Å². The highest BCUT2D eigenvalue weighted by atomic mass is 32.1. The lowest BCUT2D eigenvalue weighted by Gasteiger charge is -1.75. The van der Waals surface area contributed by atoms with Gasteiger partial charge >= 0.3 is 0 Å². The lowest BCUT2D eigenvalue weighted by molar-refractivity contribution is 0.273. The quantitative estimate of drug-likeness (QED) is 0.552. The molecular formula is C3H3N2OS. The standard InChI is InChI=1S/C3H3N2OS/c6-1-3-4-2-7-5-3/h6H,1H2. The molecule has 0 amide bonds. The molecule has 0 bridgehead atoms. The fraction of sp³-hybridized carbons (Fsp3) is 0.333. The van der Waals surface area contributed by atoms with E-state index < -0.39 is 0 Å². The predicted octanol–water partition coefficient (Wildman–Crippen LogP) is -0.169. The first kappa shape index (κ1) is 4.67. The summed E-state index contributed by atoms with van der Waals surface area (Å²) in [7, 11) is 0. The second kappa shape index (κ2) is 1.99. The lowest BCUT2D eigenvalue weighted by Crippen LogP contribution is -1.82. The largest absolute Gasteiger partial charge is 0.388 e. The van der Waals surface area contributed by atoms with Crippen molar-refractivity contribution >= 4 is 11.5 Å². The number of rotatable bonds is 1. The smallest absolute Gasteiger partial charge is 0.174 e. The van der Waals surface area contributed by atoms with E-state index in [9.17, 15) is 0 Å². The van der Waals surface area contributed by atoms with E-state index in [1.807, 2.05) is 0 Å². The third kappa shape index (κ3) is 0.942. The van der Waals surface area contributed by atoms with E-state index in [-0.39, 0.29) is 6.61 Å². The minimum atomic E-state index is -0.0833. The third-order valence-electron chi connectivity index (χ3n) is 0.508. The summed E-state index contributed by atoms with van der Waals surface area (Å²) in [6.45, 7) is -0.0833. The van der Waals surface area contributed by atoms with Crippen LogP contribution >= 0.6 is 11.5 Å². The summed E-state index contributed by atoms with van der Waals surface area (Å²) in [6, 6.07) is 0. The minimum Gasteiger partial charge on any atom is -0.388 e. The molecule has 1 N–H and O–H groups in total. The van der Waals surface area contributed by atoms with Gasteiger partial charge in [0, 0.05) is 0 Å². The summed E-state index contributed by atoms with van der Waals surface area (Å²) >= 11 is 1.12. The summed E-state index contributed by atoms with van der Waals surface area (Å²) in [5, 5.41) is 8.29. The van der Waals surface area contributed by atoms with E-state index in [1.54, 1.807) is 0 Å². The molecule has 1 rings (SSSR count). The number of nitrogens with zero attached hydrogens (tertiary/aromatic N) is 2. The van der Waals surface area contributed by atoms with Crippen LogP contribution in [0.4, 0.5) is 0 Å². The van der Waals surface area contributed by atoms with E-state index in [0.717, 1.165) is 11.5 Å². The van der Waals surface area contributed by atoms with Crippen LogP contribution in [-0.2, 0) is 6.61 Å². The van der Waals surface area contributed by atoms with Crippen LogP contribution < -0.4 is 0 Å². The molecule has 3 nitrogen and oxygen atoms in total. The van der Waals surface area contributed by atoms with Gasteiger partial charge in [0.2, 0.25) is 0 Å². The average Bonchev–Trinajstić information content (AvgIpc) is 2.14. The fourth-order valence-corrected chi connectivity index (χ4v) is 0.622. The molecule has 0 aliphatic rings. The van der Waals surface area contributed by atoms with Gasteiger partial charge in [-0.1, -0.05) is 0 Å². The van der Waals surface area contributed by atoms with E-state index >= 15 is 0 Å². The fourth-order valence-electron chi connectivity index (χ4n) is 0.231. The molecule has 0 aliphatic carbocycles. The van der Waals surface area contributed by atoms with Gasteiger partial charge in [0.25, 0.3) is 0 Å². The molecule has 0 fully saturated rings. The Hall–Kier alpha value is -0.480. The maximum atomic E-state index is 8.29. The zero-order valence-electron chi connectivity index (χ0n) is 3.46. The lowest BCUT2D eigenvalue weighted by atomic mass is 10.7. The first-order chi connectivity index (χ1) is 3.43. The maximum absolute atomic E-state index is 8.29. The van der Waals surface area contributed by atoms with Gasteiger partial charge in [-0.25, -0.2) is 4.98 Å². The first-order valence-corrected chi connectivity index (χ1v) is 2.50. The van der Waals surface area contributed by atoms with Crippen molar-refractivity contribution < 1.29 is 5.11 Å². The zero-order chi connectivity index (χ0) is 5.11. The Balaban J connectivity index is 2.76. The van der Waals surface area contributed by atoms with E-state index in [4.69, 9.17) is 5.11 Å². The van der Waals surface area contributed by atoms with Gasteiger partial charge in [0.1, 0.15) is 6.61 Å². The number of hydrogen-bond acceptors (Lipinski definition) is 4. The molecule has 37 valence electrons. The topological polar surface area (TPSA) is 46.0 Å². The summed E-state index contributed by atoms with van der Waals surface area (Å²) in [5.41, 5.74) is 2.50. The van der Waals surface area contributed by atoms with Crippen molar-refractivity contribution in [1.29, 1.82) is 0 Å². The Bertz CT molecular complexity index is 127. The third-order valence-corrected chi connectivity index (χ3v) is 0.983. The number of aliphatic hydroxyl groups excluding tert-OH is 1. The summed E-state index contributed by atoms with van der Waals surface area (Å²) < 4.78 is 3.66. The number of aliphatic hydroxyl groups is 1. The number of aromatic nitrogens is 2. The SMILES string of the molecule is OCc1n[c]sn1. The van der Waals surface area contributed by atoms with Crippen LogP contribution in [0, 0.1) is 5.51 Å². The molecule has 4 heteroatoms. The summed E-state index contributed by atoms with van der Waals surface area (Å²) in [4.78, 5) is 3.57. The van der Waals surface area contributed by atoms with Crippen LogP contribution in [0.3, 0.4) is 0 Å². The molecule has 1 radical (unpaired) electrons. The Morgan fingerprint density at radius 3 is 3.00 bits per heavy atom. The molecule has 0 unspecified atom stereocenters. The van der Waals surface area contributed by atoms with Crippen LogP contribution in [0.1, 0.15) is 5.82 Å². The maximum Gasteiger partial charge on any atom is 0.174 e. The van der Waals surface area contributed by atoms with Crippen LogP contribution in [0.25, 0.3) is 0 Å². The van der Waals surface area contributed by atoms with Crippen molar-refractivity contribution in [2.75, 3.05) is 0 Å². The number of hydrogen-bond donors (Lipinski definition) is 1. The van der Waals surface area contributed by atoms with E-state index in [0.29, 0.717) is 5.82 Å². The highest BCUT2D eigenvalue weighted by molar-refractivity contribution is 7.02. The van der Waals surface area contributed by atoms with Crippen molar-refractivity contribution in [3.8, 4) is 0 Å². The van der Waals surface area contributed by atoms with Crippen molar-refractivity contribution in [3.63, 3.8) is 0 Å². The Morgan fingerprint density at radius 1 is 1.86 bits per heavy atom. The zero-order valence-corrected chi connectivity index (χ0v) is 4.27. The molecule has 0 atom stereocenters. The minimum absolute atomic E-state index is 0.0833. The van der Waals surface area contributed by atoms with Gasteiger partial charge in [-0.3, -0.25) is 0 Å². The molecule has 0 saturated carbocycles. The van der Waals surface area contributed by atoms with Crippen molar-refractivity contribution in [1.82, 2.24) is 9.36 Å². The Kier molecular flexibility index (Phi) is 1.33. The normalized spacial score (nSPS) is 9.29. The highest BCUT2D eigenvalue weighted by Gasteiger charge is 1.88. The summed E-state index contributed by atoms with van der Waals surface area (Å²) in [6.07, 6.45) is 0. The molecule has 1 heterocycles. The van der Waals surface area contributed by atoms with Crippen LogP contribution in [0.5, 0.6) is 0 Å². The van der Waals surface area contributed by atoms with Crippen LogP contribution in [0.2, 0.25) is 0 Å². The van der Waals surface area contributed by atoms with Gasteiger partial charge in [0.05, 0.1) is 0 Å². The molecule has 0 spiro atoms. The van der Waals surface area contributed by atoms with Crippen LogP contribution in [0.15, 0.2) is 0 Å². The van der Waals surface area contributed by atoms with Crippen LogP contribution in [-0.4, -0.2) is 14.5 Å². The van der Waals surface area contributed by atoms with Crippen molar-refractivity contribution in [2.24, 2.45) is 0 Å². The Morgan fingerprint density at radius 2 is 2.71 bits per heavy atom. The first-order valence-electron chi connectivity index (χ1n) is 1.73.